The fraction of sp³-hybridized carbons (Fsp3) is 0. The lowest BCUT2D eigenvalue weighted by atomic mass is 10.4. The van der Waals surface area contributed by atoms with Crippen molar-refractivity contribution in [1.29, 1.82) is 10.8 Å². The second kappa shape index (κ2) is 5.12. The van der Waals surface area contributed by atoms with E-state index in [-0.39, 0.29) is 4.90 Å². The van der Waals surface area contributed by atoms with Gasteiger partial charge in [0, 0.05) is 3.57 Å². The molecule has 1 aromatic carbocycles. The average molecular weight is 368 g/mol. The summed E-state index contributed by atoms with van der Waals surface area (Å²) in [5.41, 5.74) is -1.12. The van der Waals surface area contributed by atoms with E-state index in [0.29, 0.717) is 0 Å². The number of carbonyl (C=O) groups is 1. The van der Waals surface area contributed by atoms with Crippen LogP contribution in [0.3, 0.4) is 0 Å². The summed E-state index contributed by atoms with van der Waals surface area (Å²) in [6, 6.07) is 5.98. The van der Waals surface area contributed by atoms with Crippen molar-refractivity contribution in [2.75, 3.05) is 0 Å². The van der Waals surface area contributed by atoms with Crippen LogP contribution in [0.2, 0.25) is 0 Å². The van der Waals surface area contributed by atoms with Crippen LogP contribution >= 0.6 is 33.2 Å². The predicted octanol–water partition coefficient (Wildman–Crippen LogP) is 2.48. The summed E-state index contributed by atoms with van der Waals surface area (Å²) in [5, 5.41) is 22.0. The second-order valence-corrected chi connectivity index (χ2v) is 6.24. The Hall–Kier alpha value is -0.970. The van der Waals surface area contributed by atoms with Crippen LogP contribution in [0.5, 0.6) is 0 Å². The minimum absolute atomic E-state index is 0.0221. The number of halogens is 1. The second-order valence-electron chi connectivity index (χ2n) is 3.01. The summed E-state index contributed by atoms with van der Waals surface area (Å²) in [7, 11) is -3.73. The molecule has 0 saturated carbocycles. The molecule has 1 aromatic rings. The average Bonchev–Trinajstić information content (AvgIpc) is 2.27. The standard InChI is InChI=1S/C9H9IN2O4S/c10-5-1-3-6(4-2-5)17(15,16)8(12)7(11)9(13)14/h1-4,11-12,15-16H,(H,13,14). The Morgan fingerprint density at radius 2 is 1.65 bits per heavy atom. The van der Waals surface area contributed by atoms with Crippen molar-refractivity contribution in [3.63, 3.8) is 0 Å². The third-order valence-electron chi connectivity index (χ3n) is 1.87. The quantitative estimate of drug-likeness (QED) is 0.319. The topological polar surface area (TPSA) is 125 Å². The van der Waals surface area contributed by atoms with Gasteiger partial charge in [-0.3, -0.25) is 19.9 Å². The molecule has 8 heteroatoms. The van der Waals surface area contributed by atoms with Crippen LogP contribution in [0, 0.1) is 14.4 Å². The number of benzene rings is 1. The summed E-state index contributed by atoms with van der Waals surface area (Å²) < 4.78 is 20.4. The summed E-state index contributed by atoms with van der Waals surface area (Å²) in [6.45, 7) is 0. The van der Waals surface area contributed by atoms with Crippen molar-refractivity contribution in [3.05, 3.63) is 27.8 Å². The maximum atomic E-state index is 10.5. The zero-order valence-electron chi connectivity index (χ0n) is 8.35. The Morgan fingerprint density at radius 3 is 2.06 bits per heavy atom. The van der Waals surface area contributed by atoms with Crippen LogP contribution in [0.15, 0.2) is 29.2 Å². The number of nitrogens with one attached hydrogen (secondary N) is 2. The van der Waals surface area contributed by atoms with E-state index in [1.807, 2.05) is 22.6 Å². The normalized spacial score (nSPS) is 11.9. The van der Waals surface area contributed by atoms with Crippen molar-refractivity contribution in [2.24, 2.45) is 0 Å². The highest BCUT2D eigenvalue weighted by Crippen LogP contribution is 2.49. The van der Waals surface area contributed by atoms with Gasteiger partial charge in [0.1, 0.15) is 0 Å². The molecule has 17 heavy (non-hydrogen) atoms. The summed E-state index contributed by atoms with van der Waals surface area (Å²) in [6.07, 6.45) is 0. The van der Waals surface area contributed by atoms with Gasteiger partial charge in [-0.1, -0.05) is 0 Å². The Labute approximate surface area is 112 Å². The van der Waals surface area contributed by atoms with Crippen molar-refractivity contribution < 1.29 is 19.0 Å². The minimum atomic E-state index is -3.73. The number of aliphatic carboxylic acids is 1. The highest BCUT2D eigenvalue weighted by atomic mass is 127. The van der Waals surface area contributed by atoms with Gasteiger partial charge in [0.15, 0.2) is 10.8 Å². The third-order valence-corrected chi connectivity index (χ3v) is 4.29. The third kappa shape index (κ3) is 3.03. The summed E-state index contributed by atoms with van der Waals surface area (Å²) in [5.74, 6) is -1.67. The molecule has 0 radical (unpaired) electrons. The molecule has 0 heterocycles. The first-order valence-corrected chi connectivity index (χ1v) is 6.84. The molecule has 1 rings (SSSR count). The van der Waals surface area contributed by atoms with Gasteiger partial charge in [0.2, 0.25) is 0 Å². The Balaban J connectivity index is 3.10. The summed E-state index contributed by atoms with van der Waals surface area (Å²) in [4.78, 5) is 10.5. The molecule has 0 saturated heterocycles. The van der Waals surface area contributed by atoms with E-state index >= 15 is 0 Å². The lowest BCUT2D eigenvalue weighted by Gasteiger charge is -2.31. The molecule has 0 aliphatic heterocycles. The fourth-order valence-corrected chi connectivity index (χ4v) is 2.46. The molecule has 0 spiro atoms. The van der Waals surface area contributed by atoms with Crippen LogP contribution in [0.4, 0.5) is 0 Å². The Morgan fingerprint density at radius 1 is 1.18 bits per heavy atom. The van der Waals surface area contributed by atoms with Crippen molar-refractivity contribution in [2.45, 2.75) is 4.90 Å². The molecule has 92 valence electrons. The first-order valence-electron chi connectivity index (χ1n) is 4.21. The Bertz CT molecular complexity index is 486. The Kier molecular flexibility index (Phi) is 4.25. The highest BCUT2D eigenvalue weighted by Gasteiger charge is 2.28. The minimum Gasteiger partial charge on any atom is -0.476 e. The molecule has 0 bridgehead atoms. The van der Waals surface area contributed by atoms with E-state index in [1.54, 1.807) is 12.1 Å². The van der Waals surface area contributed by atoms with Gasteiger partial charge in [0.25, 0.3) is 0 Å². The monoisotopic (exact) mass is 368 g/mol. The highest BCUT2D eigenvalue weighted by molar-refractivity contribution is 14.1. The molecule has 0 fully saturated rings. The number of carboxylic acids is 1. The lowest BCUT2D eigenvalue weighted by molar-refractivity contribution is -0.129. The van der Waals surface area contributed by atoms with Gasteiger partial charge in [-0.15, -0.1) is 10.6 Å². The molecule has 6 nitrogen and oxygen atoms in total. The van der Waals surface area contributed by atoms with Gasteiger partial charge in [-0.2, -0.15) is 0 Å². The van der Waals surface area contributed by atoms with Gasteiger partial charge in [-0.05, 0) is 46.9 Å². The van der Waals surface area contributed by atoms with E-state index < -0.39 is 27.3 Å². The van der Waals surface area contributed by atoms with Crippen LogP contribution in [-0.4, -0.2) is 30.9 Å². The molecule has 0 aliphatic rings. The van der Waals surface area contributed by atoms with Gasteiger partial charge >= 0.3 is 5.97 Å². The largest absolute Gasteiger partial charge is 0.476 e. The smallest absolute Gasteiger partial charge is 0.357 e. The SMILES string of the molecule is N=C(C(=N)S(O)(O)c1ccc(I)cc1)C(=O)O. The molecule has 5 N–H and O–H groups in total. The van der Waals surface area contributed by atoms with Crippen LogP contribution in [-0.2, 0) is 4.79 Å². The predicted molar refractivity (Wildman–Crippen MR) is 73.4 cm³/mol. The van der Waals surface area contributed by atoms with E-state index in [1.165, 1.54) is 12.1 Å². The zero-order valence-corrected chi connectivity index (χ0v) is 11.3. The fourth-order valence-electron chi connectivity index (χ4n) is 0.982. The van der Waals surface area contributed by atoms with E-state index in [0.717, 1.165) is 3.57 Å². The first-order chi connectivity index (χ1) is 7.76. The van der Waals surface area contributed by atoms with E-state index in [9.17, 15) is 13.9 Å². The molecule has 0 amide bonds. The molecule has 0 aliphatic carbocycles. The molecule has 0 aromatic heterocycles. The van der Waals surface area contributed by atoms with Gasteiger partial charge in [0.05, 0.1) is 4.90 Å². The summed E-state index contributed by atoms with van der Waals surface area (Å²) >= 11 is 2.02. The molecule has 0 unspecified atom stereocenters. The maximum Gasteiger partial charge on any atom is 0.357 e. The molecular weight excluding hydrogens is 359 g/mol. The van der Waals surface area contributed by atoms with Crippen molar-refractivity contribution in [3.8, 4) is 0 Å². The van der Waals surface area contributed by atoms with Crippen molar-refractivity contribution in [1.82, 2.24) is 0 Å². The van der Waals surface area contributed by atoms with E-state index in [4.69, 9.17) is 15.9 Å². The lowest BCUT2D eigenvalue weighted by Crippen LogP contribution is -2.26. The molecule has 0 atom stereocenters. The first kappa shape index (κ1) is 14.1. The van der Waals surface area contributed by atoms with E-state index in [2.05, 4.69) is 0 Å². The van der Waals surface area contributed by atoms with Gasteiger partial charge < -0.3 is 5.11 Å². The number of hydrogen-bond acceptors (Lipinski definition) is 5. The van der Waals surface area contributed by atoms with Crippen LogP contribution < -0.4 is 0 Å². The number of hydrogen-bond donors (Lipinski definition) is 5. The zero-order chi connectivity index (χ0) is 13.2. The van der Waals surface area contributed by atoms with Gasteiger partial charge in [-0.25, -0.2) is 4.79 Å². The van der Waals surface area contributed by atoms with Crippen LogP contribution in [0.25, 0.3) is 0 Å². The number of carboxylic acid groups (broad SMARTS) is 1. The van der Waals surface area contributed by atoms with Crippen LogP contribution in [0.1, 0.15) is 0 Å². The number of rotatable bonds is 3. The maximum absolute atomic E-state index is 10.5. The molecular formula is C9H9IN2O4S. The van der Waals surface area contributed by atoms with Crippen molar-refractivity contribution >= 4 is 49.9 Å².